The van der Waals surface area contributed by atoms with Gasteiger partial charge in [0.15, 0.2) is 0 Å². The maximum Gasteiger partial charge on any atom is 0.0342 e. The van der Waals surface area contributed by atoms with Crippen LogP contribution in [-0.4, -0.2) is 37.6 Å². The Balaban J connectivity index is 2.24. The summed E-state index contributed by atoms with van der Waals surface area (Å²) in [5.41, 5.74) is 0.435. The van der Waals surface area contributed by atoms with Crippen molar-refractivity contribution >= 4 is 0 Å². The van der Waals surface area contributed by atoms with Gasteiger partial charge in [-0.05, 0) is 12.5 Å². The van der Waals surface area contributed by atoms with E-state index < -0.39 is 0 Å². The van der Waals surface area contributed by atoms with Gasteiger partial charge in [-0.2, -0.15) is 0 Å². The lowest BCUT2D eigenvalue weighted by Crippen LogP contribution is -2.57. The van der Waals surface area contributed by atoms with E-state index in [0.717, 1.165) is 6.04 Å². The van der Waals surface area contributed by atoms with Crippen LogP contribution < -0.4 is 5.32 Å². The summed E-state index contributed by atoms with van der Waals surface area (Å²) in [7, 11) is 2.22. The fraction of sp³-hybridized carbons (Fsp3) is 1.00. The minimum atomic E-state index is 0.435. The van der Waals surface area contributed by atoms with Crippen LogP contribution in [0, 0.1) is 5.41 Å². The van der Waals surface area contributed by atoms with Gasteiger partial charge in [-0.3, -0.25) is 0 Å². The van der Waals surface area contributed by atoms with Crippen molar-refractivity contribution in [1.82, 2.24) is 10.2 Å². The number of hydrogen-bond donors (Lipinski definition) is 1. The van der Waals surface area contributed by atoms with Crippen LogP contribution in [-0.2, 0) is 0 Å². The summed E-state index contributed by atoms with van der Waals surface area (Å²) < 4.78 is 0. The Morgan fingerprint density at radius 3 is 2.18 bits per heavy atom. The second-order valence-electron chi connectivity index (χ2n) is 4.79. The lowest BCUT2D eigenvalue weighted by Gasteiger charge is -2.38. The molecule has 0 radical (unpaired) electrons. The summed E-state index contributed by atoms with van der Waals surface area (Å²) in [5.74, 6) is 0. The predicted octanol–water partition coefficient (Wildman–Crippen LogP) is 0.936. The van der Waals surface area contributed by atoms with Crippen molar-refractivity contribution in [1.29, 1.82) is 0 Å². The van der Waals surface area contributed by atoms with Crippen LogP contribution in [0.5, 0.6) is 0 Å². The van der Waals surface area contributed by atoms with Gasteiger partial charge in [-0.15, -0.1) is 0 Å². The zero-order valence-corrected chi connectivity index (χ0v) is 8.15. The van der Waals surface area contributed by atoms with Crippen molar-refractivity contribution in [2.45, 2.75) is 26.8 Å². The highest BCUT2D eigenvalue weighted by atomic mass is 15.2. The van der Waals surface area contributed by atoms with Crippen LogP contribution >= 0.6 is 0 Å². The van der Waals surface area contributed by atoms with Crippen molar-refractivity contribution in [2.75, 3.05) is 26.7 Å². The van der Waals surface area contributed by atoms with E-state index >= 15 is 0 Å². The smallest absolute Gasteiger partial charge is 0.0342 e. The Hall–Kier alpha value is -0.0800. The fourth-order valence-corrected chi connectivity index (χ4v) is 1.46. The van der Waals surface area contributed by atoms with E-state index in [4.69, 9.17) is 0 Å². The van der Waals surface area contributed by atoms with Gasteiger partial charge in [0.2, 0.25) is 0 Å². The molecule has 0 unspecified atom stereocenters. The number of hydrogen-bond acceptors (Lipinski definition) is 2. The molecule has 0 bridgehead atoms. The maximum absolute atomic E-state index is 3.29. The first kappa shape index (κ1) is 9.01. The van der Waals surface area contributed by atoms with E-state index in [2.05, 4.69) is 38.0 Å². The first-order valence-electron chi connectivity index (χ1n) is 4.40. The molecule has 1 heterocycles. The Kier molecular flexibility index (Phi) is 2.55. The third-order valence-corrected chi connectivity index (χ3v) is 2.11. The molecular formula is C9H20N2. The highest BCUT2D eigenvalue weighted by molar-refractivity contribution is 4.84. The lowest BCUT2D eigenvalue weighted by atomic mass is 9.95. The second-order valence-corrected chi connectivity index (χ2v) is 4.79. The maximum atomic E-state index is 3.29. The number of rotatable bonds is 2. The third-order valence-electron chi connectivity index (χ3n) is 2.11. The predicted molar refractivity (Wildman–Crippen MR) is 48.7 cm³/mol. The molecule has 2 heteroatoms. The number of nitrogens with one attached hydrogen (secondary N) is 1. The van der Waals surface area contributed by atoms with Gasteiger partial charge >= 0.3 is 0 Å². The average Bonchev–Trinajstić information content (AvgIpc) is 1.50. The molecule has 0 amide bonds. The van der Waals surface area contributed by atoms with Crippen molar-refractivity contribution in [2.24, 2.45) is 5.41 Å². The molecule has 0 aromatic heterocycles. The van der Waals surface area contributed by atoms with Crippen molar-refractivity contribution in [3.63, 3.8) is 0 Å². The molecule has 1 aliphatic rings. The Morgan fingerprint density at radius 1 is 1.36 bits per heavy atom. The van der Waals surface area contributed by atoms with Gasteiger partial charge in [-0.1, -0.05) is 20.8 Å². The Morgan fingerprint density at radius 2 is 1.91 bits per heavy atom. The van der Waals surface area contributed by atoms with Crippen molar-refractivity contribution < 1.29 is 0 Å². The molecule has 1 fully saturated rings. The molecule has 11 heavy (non-hydrogen) atoms. The topological polar surface area (TPSA) is 15.3 Å². The monoisotopic (exact) mass is 156 g/mol. The van der Waals surface area contributed by atoms with E-state index in [9.17, 15) is 0 Å². The second kappa shape index (κ2) is 3.11. The fourth-order valence-electron chi connectivity index (χ4n) is 1.46. The van der Waals surface area contributed by atoms with Crippen LogP contribution in [0.4, 0.5) is 0 Å². The zero-order chi connectivity index (χ0) is 8.48. The molecule has 0 saturated carbocycles. The molecular weight excluding hydrogens is 136 g/mol. The van der Waals surface area contributed by atoms with E-state index in [-0.39, 0.29) is 0 Å². The third kappa shape index (κ3) is 2.80. The largest absolute Gasteiger partial charge is 0.314 e. The van der Waals surface area contributed by atoms with E-state index in [1.54, 1.807) is 0 Å². The lowest BCUT2D eigenvalue weighted by molar-refractivity contribution is 0.132. The zero-order valence-electron chi connectivity index (χ0n) is 8.15. The quantitative estimate of drug-likeness (QED) is 0.640. The average molecular weight is 156 g/mol. The van der Waals surface area contributed by atoms with Crippen LogP contribution in [0.15, 0.2) is 0 Å². The summed E-state index contributed by atoms with van der Waals surface area (Å²) in [6.07, 6.45) is 0. The molecule has 0 aromatic carbocycles. The molecule has 1 rings (SSSR count). The highest BCUT2D eigenvalue weighted by Gasteiger charge is 2.24. The van der Waals surface area contributed by atoms with Gasteiger partial charge in [0.05, 0.1) is 0 Å². The summed E-state index contributed by atoms with van der Waals surface area (Å²) in [5, 5.41) is 3.29. The minimum absolute atomic E-state index is 0.435. The summed E-state index contributed by atoms with van der Waals surface area (Å²) in [6, 6.07) is 0.786. The standard InChI is InChI=1S/C9H20N2/c1-9(2,3)7-11(4)8-5-10-6-8/h8,10H,5-7H2,1-4H3. The molecule has 2 nitrogen and oxygen atoms in total. The first-order chi connectivity index (χ1) is 4.99. The molecule has 1 aliphatic heterocycles. The van der Waals surface area contributed by atoms with Crippen LogP contribution in [0.25, 0.3) is 0 Å². The van der Waals surface area contributed by atoms with Crippen LogP contribution in [0.2, 0.25) is 0 Å². The molecule has 66 valence electrons. The van der Waals surface area contributed by atoms with Crippen molar-refractivity contribution in [3.8, 4) is 0 Å². The number of nitrogens with zero attached hydrogens (tertiary/aromatic N) is 1. The van der Waals surface area contributed by atoms with E-state index in [1.807, 2.05) is 0 Å². The first-order valence-corrected chi connectivity index (χ1v) is 4.40. The van der Waals surface area contributed by atoms with Crippen molar-refractivity contribution in [3.05, 3.63) is 0 Å². The highest BCUT2D eigenvalue weighted by Crippen LogP contribution is 2.16. The van der Waals surface area contributed by atoms with Gasteiger partial charge in [0.25, 0.3) is 0 Å². The molecule has 0 spiro atoms. The molecule has 1 saturated heterocycles. The number of likely N-dealkylation sites (N-methyl/N-ethyl adjacent to an activating group) is 1. The van der Waals surface area contributed by atoms with Gasteiger partial charge < -0.3 is 10.2 Å². The SMILES string of the molecule is CN(CC(C)(C)C)C1CNC1. The molecule has 0 atom stereocenters. The normalized spacial score (nSPS) is 20.5. The molecule has 1 N–H and O–H groups in total. The van der Waals surface area contributed by atoms with E-state index in [1.165, 1.54) is 19.6 Å². The van der Waals surface area contributed by atoms with Crippen LogP contribution in [0.1, 0.15) is 20.8 Å². The Bertz CT molecular complexity index is 122. The van der Waals surface area contributed by atoms with Crippen LogP contribution in [0.3, 0.4) is 0 Å². The van der Waals surface area contributed by atoms with Gasteiger partial charge in [0.1, 0.15) is 0 Å². The molecule has 0 aliphatic carbocycles. The van der Waals surface area contributed by atoms with E-state index in [0.29, 0.717) is 5.41 Å². The summed E-state index contributed by atoms with van der Waals surface area (Å²) in [4.78, 5) is 2.45. The van der Waals surface area contributed by atoms with Gasteiger partial charge in [0, 0.05) is 25.7 Å². The summed E-state index contributed by atoms with van der Waals surface area (Å²) in [6.45, 7) is 10.4. The molecule has 0 aromatic rings. The summed E-state index contributed by atoms with van der Waals surface area (Å²) >= 11 is 0. The minimum Gasteiger partial charge on any atom is -0.314 e. The Labute approximate surface area is 70.0 Å². The van der Waals surface area contributed by atoms with Gasteiger partial charge in [-0.25, -0.2) is 0 Å².